The average molecular weight is 214 g/mol. The van der Waals surface area contributed by atoms with Crippen molar-refractivity contribution in [3.8, 4) is 0 Å². The van der Waals surface area contributed by atoms with E-state index >= 15 is 0 Å². The molecule has 1 aliphatic rings. The van der Waals surface area contributed by atoms with E-state index in [1.165, 1.54) is 6.42 Å². The van der Waals surface area contributed by atoms with Gasteiger partial charge in [-0.05, 0) is 18.8 Å². The third-order valence-electron chi connectivity index (χ3n) is 2.87. The Labute approximate surface area is 90.6 Å². The molecule has 1 aliphatic heterocycles. The van der Waals surface area contributed by atoms with E-state index in [0.29, 0.717) is 4.99 Å². The summed E-state index contributed by atoms with van der Waals surface area (Å²) in [5.41, 5.74) is 5.34. The van der Waals surface area contributed by atoms with Crippen molar-refractivity contribution < 1.29 is 4.79 Å². The number of amides is 1. The smallest absolute Gasteiger partial charge is 0.229 e. The Kier molecular flexibility index (Phi) is 4.32. The van der Waals surface area contributed by atoms with Gasteiger partial charge in [-0.3, -0.25) is 4.79 Å². The van der Waals surface area contributed by atoms with Crippen LogP contribution in [0, 0.1) is 5.92 Å². The van der Waals surface area contributed by atoms with E-state index in [9.17, 15) is 4.79 Å². The number of rotatable bonds is 3. The highest BCUT2D eigenvalue weighted by Crippen LogP contribution is 2.20. The van der Waals surface area contributed by atoms with Crippen LogP contribution >= 0.6 is 12.2 Å². The summed E-state index contributed by atoms with van der Waals surface area (Å²) in [5, 5.41) is 0. The van der Waals surface area contributed by atoms with E-state index in [1.54, 1.807) is 0 Å². The molecule has 0 spiro atoms. The fourth-order valence-electron chi connectivity index (χ4n) is 1.85. The van der Waals surface area contributed by atoms with Gasteiger partial charge < -0.3 is 10.6 Å². The summed E-state index contributed by atoms with van der Waals surface area (Å²) in [5.74, 6) is 0.885. The Morgan fingerprint density at radius 2 is 2.07 bits per heavy atom. The van der Waals surface area contributed by atoms with Crippen molar-refractivity contribution in [3.63, 3.8) is 0 Å². The van der Waals surface area contributed by atoms with E-state index < -0.39 is 0 Å². The summed E-state index contributed by atoms with van der Waals surface area (Å²) >= 11 is 4.72. The number of nitrogens with two attached hydrogens (primary N) is 1. The summed E-state index contributed by atoms with van der Waals surface area (Å²) in [7, 11) is 0. The second-order valence-electron chi connectivity index (χ2n) is 3.88. The molecule has 0 atom stereocenters. The Bertz CT molecular complexity index is 222. The second-order valence-corrected chi connectivity index (χ2v) is 4.40. The molecule has 0 aromatic carbocycles. The minimum atomic E-state index is 0.0899. The molecule has 1 saturated heterocycles. The number of carbonyl (C=O) groups is 1. The number of likely N-dealkylation sites (tertiary alicyclic amines) is 1. The van der Waals surface area contributed by atoms with Gasteiger partial charge in [0, 0.05) is 13.1 Å². The van der Waals surface area contributed by atoms with Crippen LogP contribution in [-0.4, -0.2) is 28.9 Å². The lowest BCUT2D eigenvalue weighted by Crippen LogP contribution is -2.39. The molecule has 1 heterocycles. The maximum Gasteiger partial charge on any atom is 0.229 e. The summed E-state index contributed by atoms with van der Waals surface area (Å²) in [6.45, 7) is 3.96. The third-order valence-corrected chi connectivity index (χ3v) is 3.01. The number of hydrogen-bond donors (Lipinski definition) is 1. The molecule has 0 bridgehead atoms. The molecule has 80 valence electrons. The molecule has 1 rings (SSSR count). The molecule has 0 saturated carbocycles. The highest BCUT2D eigenvalue weighted by Gasteiger charge is 2.21. The van der Waals surface area contributed by atoms with Crippen molar-refractivity contribution in [2.45, 2.75) is 32.6 Å². The molecule has 3 nitrogen and oxygen atoms in total. The van der Waals surface area contributed by atoms with Crippen LogP contribution in [-0.2, 0) is 4.79 Å². The molecule has 0 aliphatic carbocycles. The molecule has 1 fully saturated rings. The number of nitrogens with zero attached hydrogens (tertiary/aromatic N) is 1. The lowest BCUT2D eigenvalue weighted by atomic mass is 9.94. The zero-order chi connectivity index (χ0) is 10.6. The number of hydrogen-bond acceptors (Lipinski definition) is 2. The van der Waals surface area contributed by atoms with Crippen LogP contribution in [0.1, 0.15) is 32.6 Å². The Hall–Kier alpha value is -0.640. The third kappa shape index (κ3) is 3.25. The lowest BCUT2D eigenvalue weighted by molar-refractivity contribution is -0.131. The van der Waals surface area contributed by atoms with Gasteiger partial charge in [0.1, 0.15) is 0 Å². The van der Waals surface area contributed by atoms with Crippen molar-refractivity contribution in [1.82, 2.24) is 4.90 Å². The fraction of sp³-hybridized carbons (Fsp3) is 0.800. The fourth-order valence-corrected chi connectivity index (χ4v) is 1.97. The SMILES string of the molecule is CCC1CCN(C(=O)CC(N)=S)CC1. The summed E-state index contributed by atoms with van der Waals surface area (Å²) < 4.78 is 0. The standard InChI is InChI=1S/C10H18N2OS/c1-2-8-3-5-12(6-4-8)10(13)7-9(11)14/h8H,2-7H2,1H3,(H2,11,14). The van der Waals surface area contributed by atoms with E-state index in [4.69, 9.17) is 18.0 Å². The van der Waals surface area contributed by atoms with Gasteiger partial charge in [0.2, 0.25) is 5.91 Å². The van der Waals surface area contributed by atoms with Crippen LogP contribution in [0.4, 0.5) is 0 Å². The molecular formula is C10H18N2OS. The normalized spacial score (nSPS) is 18.2. The first kappa shape index (κ1) is 11.4. The van der Waals surface area contributed by atoms with Gasteiger partial charge in [0.05, 0.1) is 11.4 Å². The first-order chi connectivity index (χ1) is 6.63. The molecule has 1 amide bonds. The summed E-state index contributed by atoms with van der Waals surface area (Å²) in [6, 6.07) is 0. The maximum atomic E-state index is 11.6. The zero-order valence-corrected chi connectivity index (χ0v) is 9.48. The highest BCUT2D eigenvalue weighted by molar-refractivity contribution is 7.80. The van der Waals surface area contributed by atoms with Crippen LogP contribution in [0.5, 0.6) is 0 Å². The number of thiocarbonyl (C=S) groups is 1. The molecule has 2 N–H and O–H groups in total. The predicted molar refractivity (Wildman–Crippen MR) is 61.0 cm³/mol. The van der Waals surface area contributed by atoms with Gasteiger partial charge in [-0.15, -0.1) is 0 Å². The van der Waals surface area contributed by atoms with Gasteiger partial charge in [-0.1, -0.05) is 25.6 Å². The minimum Gasteiger partial charge on any atom is -0.393 e. The molecule has 0 radical (unpaired) electrons. The molecule has 0 aromatic heterocycles. The summed E-state index contributed by atoms with van der Waals surface area (Å²) in [4.78, 5) is 13.7. The maximum absolute atomic E-state index is 11.6. The summed E-state index contributed by atoms with van der Waals surface area (Å²) in [6.07, 6.45) is 3.70. The quantitative estimate of drug-likeness (QED) is 0.721. The van der Waals surface area contributed by atoms with Crippen molar-refractivity contribution in [3.05, 3.63) is 0 Å². The molecule has 4 heteroatoms. The minimum absolute atomic E-state index is 0.0899. The van der Waals surface area contributed by atoms with E-state index in [-0.39, 0.29) is 12.3 Å². The Morgan fingerprint density at radius 1 is 1.50 bits per heavy atom. The van der Waals surface area contributed by atoms with Crippen molar-refractivity contribution in [1.29, 1.82) is 0 Å². The van der Waals surface area contributed by atoms with E-state index in [1.807, 2.05) is 4.90 Å². The van der Waals surface area contributed by atoms with Crippen LogP contribution in [0.15, 0.2) is 0 Å². The molecule has 0 aromatic rings. The van der Waals surface area contributed by atoms with Crippen LogP contribution in [0.2, 0.25) is 0 Å². The number of piperidine rings is 1. The Balaban J connectivity index is 2.34. The van der Waals surface area contributed by atoms with Crippen LogP contribution < -0.4 is 5.73 Å². The van der Waals surface area contributed by atoms with Gasteiger partial charge >= 0.3 is 0 Å². The Morgan fingerprint density at radius 3 is 2.50 bits per heavy atom. The topological polar surface area (TPSA) is 46.3 Å². The molecule has 14 heavy (non-hydrogen) atoms. The largest absolute Gasteiger partial charge is 0.393 e. The van der Waals surface area contributed by atoms with E-state index in [2.05, 4.69) is 6.92 Å². The van der Waals surface area contributed by atoms with Crippen molar-refractivity contribution in [2.24, 2.45) is 11.7 Å². The van der Waals surface area contributed by atoms with E-state index in [0.717, 1.165) is 31.8 Å². The van der Waals surface area contributed by atoms with Crippen molar-refractivity contribution in [2.75, 3.05) is 13.1 Å². The first-order valence-electron chi connectivity index (χ1n) is 5.19. The van der Waals surface area contributed by atoms with Gasteiger partial charge in [-0.25, -0.2) is 0 Å². The van der Waals surface area contributed by atoms with Gasteiger partial charge in [0.15, 0.2) is 0 Å². The lowest BCUT2D eigenvalue weighted by Gasteiger charge is -2.31. The first-order valence-corrected chi connectivity index (χ1v) is 5.60. The van der Waals surface area contributed by atoms with Crippen LogP contribution in [0.3, 0.4) is 0 Å². The van der Waals surface area contributed by atoms with Crippen LogP contribution in [0.25, 0.3) is 0 Å². The zero-order valence-electron chi connectivity index (χ0n) is 8.66. The second kappa shape index (κ2) is 5.29. The van der Waals surface area contributed by atoms with Gasteiger partial charge in [-0.2, -0.15) is 0 Å². The molecule has 0 unspecified atom stereocenters. The molecular weight excluding hydrogens is 196 g/mol. The average Bonchev–Trinajstić information content (AvgIpc) is 2.17. The monoisotopic (exact) mass is 214 g/mol. The predicted octanol–water partition coefficient (Wildman–Crippen LogP) is 1.31. The highest BCUT2D eigenvalue weighted by atomic mass is 32.1. The van der Waals surface area contributed by atoms with Crippen molar-refractivity contribution >= 4 is 23.1 Å². The number of carbonyl (C=O) groups excluding carboxylic acids is 1. The van der Waals surface area contributed by atoms with Gasteiger partial charge in [0.25, 0.3) is 0 Å².